The number of fused-ring (bicyclic) bond motifs is 1. The van der Waals surface area contributed by atoms with E-state index in [1.54, 1.807) is 30.6 Å². The third-order valence-corrected chi connectivity index (χ3v) is 3.60. The Bertz CT molecular complexity index is 773. The van der Waals surface area contributed by atoms with Gasteiger partial charge in [0.05, 0.1) is 28.8 Å². The van der Waals surface area contributed by atoms with Crippen LogP contribution in [0.3, 0.4) is 0 Å². The number of carbonyl (C=O) groups is 2. The van der Waals surface area contributed by atoms with Gasteiger partial charge in [-0.05, 0) is 37.6 Å². The number of para-hydroxylation sites is 1. The molecule has 1 aromatic carbocycles. The Balaban J connectivity index is 1.92. The Labute approximate surface area is 134 Å². The normalized spacial score (nSPS) is 16.6. The number of rotatable bonds is 2. The van der Waals surface area contributed by atoms with Crippen molar-refractivity contribution in [2.24, 2.45) is 0 Å². The molecule has 1 atom stereocenters. The van der Waals surface area contributed by atoms with Crippen molar-refractivity contribution in [2.75, 3.05) is 16.0 Å². The Kier molecular flexibility index (Phi) is 3.97. The molecule has 2 amide bonds. The number of carbonyl (C=O) groups excluding carboxylic acids is 2. The standard InChI is InChI=1S/C17H18N4O2/c1-10-6-12(9-18-8-10)20-17(23)13-4-3-5-14-16(13)19-11(2)7-15(22)21-14/h3-6,8-9,11,19H,7H2,1-2H3,(H,20,23)(H,21,22). The SMILES string of the molecule is Cc1cncc(NC(=O)c2cccc3c2NC(C)CC(=O)N3)c1. The minimum Gasteiger partial charge on any atom is -0.380 e. The molecule has 6 nitrogen and oxygen atoms in total. The molecule has 3 N–H and O–H groups in total. The first-order valence-corrected chi connectivity index (χ1v) is 7.45. The highest BCUT2D eigenvalue weighted by Crippen LogP contribution is 2.30. The minimum atomic E-state index is -0.245. The lowest BCUT2D eigenvalue weighted by Crippen LogP contribution is -2.20. The Morgan fingerprint density at radius 2 is 2.17 bits per heavy atom. The predicted octanol–water partition coefficient (Wildman–Crippen LogP) is 2.78. The van der Waals surface area contributed by atoms with Gasteiger partial charge in [0.1, 0.15) is 0 Å². The maximum Gasteiger partial charge on any atom is 0.257 e. The van der Waals surface area contributed by atoms with Gasteiger partial charge in [-0.15, -0.1) is 0 Å². The molecule has 1 aliphatic rings. The maximum absolute atomic E-state index is 12.6. The number of nitrogens with zero attached hydrogens (tertiary/aromatic N) is 1. The molecular weight excluding hydrogens is 292 g/mol. The molecule has 2 heterocycles. The summed E-state index contributed by atoms with van der Waals surface area (Å²) in [5.41, 5.74) is 3.35. The number of nitrogens with one attached hydrogen (secondary N) is 3. The van der Waals surface area contributed by atoms with E-state index in [2.05, 4.69) is 20.9 Å². The highest BCUT2D eigenvalue weighted by molar-refractivity contribution is 6.11. The lowest BCUT2D eigenvalue weighted by atomic mass is 10.1. The van der Waals surface area contributed by atoms with Gasteiger partial charge in [-0.25, -0.2) is 0 Å². The molecule has 0 saturated heterocycles. The van der Waals surface area contributed by atoms with Gasteiger partial charge in [0, 0.05) is 18.7 Å². The number of pyridine rings is 1. The second-order valence-electron chi connectivity index (χ2n) is 5.73. The number of benzene rings is 1. The molecule has 118 valence electrons. The fourth-order valence-corrected chi connectivity index (χ4v) is 2.60. The summed E-state index contributed by atoms with van der Waals surface area (Å²) in [6.45, 7) is 3.82. The molecule has 0 spiro atoms. The quantitative estimate of drug-likeness (QED) is 0.796. The number of hydrogen-bond donors (Lipinski definition) is 3. The highest BCUT2D eigenvalue weighted by Gasteiger charge is 2.22. The van der Waals surface area contributed by atoms with Gasteiger partial charge < -0.3 is 16.0 Å². The van der Waals surface area contributed by atoms with Crippen molar-refractivity contribution in [1.29, 1.82) is 0 Å². The van der Waals surface area contributed by atoms with Gasteiger partial charge in [-0.2, -0.15) is 0 Å². The van der Waals surface area contributed by atoms with E-state index in [1.807, 2.05) is 19.9 Å². The summed E-state index contributed by atoms with van der Waals surface area (Å²) >= 11 is 0. The van der Waals surface area contributed by atoms with Crippen LogP contribution in [-0.4, -0.2) is 22.8 Å². The summed E-state index contributed by atoms with van der Waals surface area (Å²) in [6.07, 6.45) is 3.69. The number of aromatic nitrogens is 1. The van der Waals surface area contributed by atoms with Crippen LogP contribution in [0, 0.1) is 6.92 Å². The number of hydrogen-bond acceptors (Lipinski definition) is 4. The summed E-state index contributed by atoms with van der Waals surface area (Å²) in [5.74, 6) is -0.311. The predicted molar refractivity (Wildman–Crippen MR) is 89.7 cm³/mol. The summed E-state index contributed by atoms with van der Waals surface area (Å²) in [4.78, 5) is 28.5. The maximum atomic E-state index is 12.6. The first kappa shape index (κ1) is 15.0. The van der Waals surface area contributed by atoms with Gasteiger partial charge in [0.2, 0.25) is 5.91 Å². The van der Waals surface area contributed by atoms with Crippen LogP contribution in [0.5, 0.6) is 0 Å². The third-order valence-electron chi connectivity index (χ3n) is 3.60. The van der Waals surface area contributed by atoms with Gasteiger partial charge in [0.25, 0.3) is 5.91 Å². The Morgan fingerprint density at radius 3 is 2.96 bits per heavy atom. The molecule has 1 aliphatic heterocycles. The van der Waals surface area contributed by atoms with E-state index in [4.69, 9.17) is 0 Å². The molecule has 0 saturated carbocycles. The monoisotopic (exact) mass is 310 g/mol. The van der Waals surface area contributed by atoms with Gasteiger partial charge >= 0.3 is 0 Å². The summed E-state index contributed by atoms with van der Waals surface area (Å²) < 4.78 is 0. The van der Waals surface area contributed by atoms with Crippen molar-refractivity contribution in [1.82, 2.24) is 4.98 Å². The van der Waals surface area contributed by atoms with Crippen LogP contribution in [-0.2, 0) is 4.79 Å². The number of anilines is 3. The van der Waals surface area contributed by atoms with E-state index >= 15 is 0 Å². The van der Waals surface area contributed by atoms with Crippen molar-refractivity contribution in [3.8, 4) is 0 Å². The molecule has 0 aliphatic carbocycles. The van der Waals surface area contributed by atoms with Crippen molar-refractivity contribution >= 4 is 28.9 Å². The second kappa shape index (κ2) is 6.08. The summed E-state index contributed by atoms with van der Waals surface area (Å²) in [6, 6.07) is 7.06. The van der Waals surface area contributed by atoms with Crippen LogP contribution in [0.1, 0.15) is 29.3 Å². The first-order chi connectivity index (χ1) is 11.0. The molecule has 6 heteroatoms. The molecule has 0 bridgehead atoms. The number of amides is 2. The molecule has 1 unspecified atom stereocenters. The van der Waals surface area contributed by atoms with E-state index in [-0.39, 0.29) is 17.9 Å². The van der Waals surface area contributed by atoms with Crippen molar-refractivity contribution < 1.29 is 9.59 Å². The van der Waals surface area contributed by atoms with Crippen LogP contribution in [0.15, 0.2) is 36.7 Å². The van der Waals surface area contributed by atoms with Crippen molar-refractivity contribution in [3.63, 3.8) is 0 Å². The van der Waals surface area contributed by atoms with Crippen LogP contribution in [0.25, 0.3) is 0 Å². The molecule has 0 radical (unpaired) electrons. The smallest absolute Gasteiger partial charge is 0.257 e. The van der Waals surface area contributed by atoms with Crippen LogP contribution in [0.2, 0.25) is 0 Å². The summed E-state index contributed by atoms with van der Waals surface area (Å²) in [7, 11) is 0. The Morgan fingerprint density at radius 1 is 1.35 bits per heavy atom. The van der Waals surface area contributed by atoms with E-state index in [0.29, 0.717) is 29.0 Å². The van der Waals surface area contributed by atoms with Crippen LogP contribution in [0.4, 0.5) is 17.1 Å². The Hall–Kier alpha value is -2.89. The zero-order valence-corrected chi connectivity index (χ0v) is 13.0. The lowest BCUT2D eigenvalue weighted by Gasteiger charge is -2.16. The summed E-state index contributed by atoms with van der Waals surface area (Å²) in [5, 5.41) is 8.91. The van der Waals surface area contributed by atoms with Crippen LogP contribution < -0.4 is 16.0 Å². The molecule has 0 fully saturated rings. The van der Waals surface area contributed by atoms with E-state index < -0.39 is 0 Å². The van der Waals surface area contributed by atoms with E-state index in [0.717, 1.165) is 5.56 Å². The van der Waals surface area contributed by atoms with Crippen molar-refractivity contribution in [2.45, 2.75) is 26.3 Å². The second-order valence-corrected chi connectivity index (χ2v) is 5.73. The third kappa shape index (κ3) is 3.31. The minimum absolute atomic E-state index is 0.0502. The molecule has 1 aromatic heterocycles. The molecule has 2 aromatic rings. The lowest BCUT2D eigenvalue weighted by molar-refractivity contribution is -0.116. The average molecular weight is 310 g/mol. The van der Waals surface area contributed by atoms with Gasteiger partial charge in [0.15, 0.2) is 0 Å². The largest absolute Gasteiger partial charge is 0.380 e. The molecule has 3 rings (SSSR count). The van der Waals surface area contributed by atoms with E-state index in [9.17, 15) is 9.59 Å². The fourth-order valence-electron chi connectivity index (χ4n) is 2.60. The zero-order chi connectivity index (χ0) is 16.4. The average Bonchev–Trinajstić information content (AvgIpc) is 2.63. The van der Waals surface area contributed by atoms with Gasteiger partial charge in [-0.1, -0.05) is 6.07 Å². The molecule has 23 heavy (non-hydrogen) atoms. The number of aryl methyl sites for hydroxylation is 1. The van der Waals surface area contributed by atoms with Crippen LogP contribution >= 0.6 is 0 Å². The molecular formula is C17H18N4O2. The van der Waals surface area contributed by atoms with Gasteiger partial charge in [-0.3, -0.25) is 14.6 Å². The fraction of sp³-hybridized carbons (Fsp3) is 0.235. The highest BCUT2D eigenvalue weighted by atomic mass is 16.2. The zero-order valence-electron chi connectivity index (χ0n) is 13.0. The van der Waals surface area contributed by atoms with E-state index in [1.165, 1.54) is 0 Å². The topological polar surface area (TPSA) is 83.1 Å². The van der Waals surface area contributed by atoms with Crippen molar-refractivity contribution in [3.05, 3.63) is 47.8 Å². The first-order valence-electron chi connectivity index (χ1n) is 7.45.